The van der Waals surface area contributed by atoms with Crippen LogP contribution < -0.4 is 10.1 Å². The average molecular weight is 417 g/mol. The maximum absolute atomic E-state index is 10.7. The molecule has 0 aliphatic carbocycles. The van der Waals surface area contributed by atoms with Crippen molar-refractivity contribution >= 4 is 39.7 Å². The van der Waals surface area contributed by atoms with E-state index in [1.54, 1.807) is 0 Å². The predicted octanol–water partition coefficient (Wildman–Crippen LogP) is 6.01. The molecule has 0 aliphatic heterocycles. The summed E-state index contributed by atoms with van der Waals surface area (Å²) in [5, 5.41) is 15.4. The van der Waals surface area contributed by atoms with E-state index in [9.17, 15) is 4.79 Å². The lowest BCUT2D eigenvalue weighted by Crippen LogP contribution is -1.97. The number of halogens is 1. The van der Waals surface area contributed by atoms with Crippen molar-refractivity contribution in [3.63, 3.8) is 0 Å². The molecular formula is C21H21ClN2O3S. The number of anilines is 2. The number of hydrogen-bond donors (Lipinski definition) is 2. The Morgan fingerprint density at radius 1 is 1.25 bits per heavy atom. The second-order valence-corrected chi connectivity index (χ2v) is 7.51. The van der Waals surface area contributed by atoms with Gasteiger partial charge in [0.25, 0.3) is 0 Å². The van der Waals surface area contributed by atoms with E-state index in [0.29, 0.717) is 23.8 Å². The number of thiazole rings is 1. The summed E-state index contributed by atoms with van der Waals surface area (Å²) in [6.07, 6.45) is 1.59. The molecule has 3 aromatic rings. The summed E-state index contributed by atoms with van der Waals surface area (Å²) in [5.41, 5.74) is 3.67. The monoisotopic (exact) mass is 416 g/mol. The third-order valence-corrected chi connectivity index (χ3v) is 5.08. The summed E-state index contributed by atoms with van der Waals surface area (Å²) >= 11 is 7.82. The standard InChI is InChI=1S/C21H21ClN2O3S/c1-2-11-27-19-9-6-15(12-17(19)22)18-13-28-21(24-18)23-16-7-3-14(4-8-16)5-10-20(25)26/h3-4,6-9,12-13H,2,5,10-11H2,1H3,(H,23,24)(H,25,26). The zero-order chi connectivity index (χ0) is 19.9. The number of hydrogen-bond acceptors (Lipinski definition) is 5. The maximum atomic E-state index is 10.7. The van der Waals surface area contributed by atoms with Crippen LogP contribution in [0, 0.1) is 0 Å². The molecule has 2 aromatic carbocycles. The van der Waals surface area contributed by atoms with Gasteiger partial charge in [-0.05, 0) is 48.7 Å². The molecule has 0 radical (unpaired) electrons. The van der Waals surface area contributed by atoms with Crippen molar-refractivity contribution in [1.82, 2.24) is 4.98 Å². The highest BCUT2D eigenvalue weighted by Crippen LogP contribution is 2.32. The summed E-state index contributed by atoms with van der Waals surface area (Å²) in [6, 6.07) is 13.4. The molecule has 0 bridgehead atoms. The fraction of sp³-hybridized carbons (Fsp3) is 0.238. The van der Waals surface area contributed by atoms with Gasteiger partial charge in [-0.3, -0.25) is 4.79 Å². The number of carboxylic acid groups (broad SMARTS) is 1. The van der Waals surface area contributed by atoms with Crippen molar-refractivity contribution in [1.29, 1.82) is 0 Å². The molecule has 1 heterocycles. The van der Waals surface area contributed by atoms with Crippen LogP contribution in [0.3, 0.4) is 0 Å². The largest absolute Gasteiger partial charge is 0.492 e. The number of carboxylic acids is 1. The second-order valence-electron chi connectivity index (χ2n) is 6.25. The van der Waals surface area contributed by atoms with Gasteiger partial charge in [-0.1, -0.05) is 30.7 Å². The van der Waals surface area contributed by atoms with Crippen LogP contribution in [0.4, 0.5) is 10.8 Å². The third kappa shape index (κ3) is 5.47. The molecule has 28 heavy (non-hydrogen) atoms. The molecule has 0 saturated carbocycles. The predicted molar refractivity (Wildman–Crippen MR) is 114 cm³/mol. The van der Waals surface area contributed by atoms with E-state index < -0.39 is 5.97 Å². The number of carbonyl (C=O) groups is 1. The van der Waals surface area contributed by atoms with E-state index in [2.05, 4.69) is 17.2 Å². The lowest BCUT2D eigenvalue weighted by atomic mass is 10.1. The van der Waals surface area contributed by atoms with Crippen LogP contribution in [-0.4, -0.2) is 22.7 Å². The molecule has 0 amide bonds. The van der Waals surface area contributed by atoms with Gasteiger partial charge in [0.1, 0.15) is 5.75 Å². The van der Waals surface area contributed by atoms with Crippen LogP contribution in [0.1, 0.15) is 25.3 Å². The summed E-state index contributed by atoms with van der Waals surface area (Å²) in [5.74, 6) is -0.105. The van der Waals surface area contributed by atoms with Gasteiger partial charge in [0.2, 0.25) is 0 Å². The van der Waals surface area contributed by atoms with E-state index in [-0.39, 0.29) is 6.42 Å². The van der Waals surface area contributed by atoms with Crippen LogP contribution in [0.15, 0.2) is 47.8 Å². The molecule has 0 unspecified atom stereocenters. The zero-order valence-electron chi connectivity index (χ0n) is 15.4. The molecule has 0 saturated heterocycles. The van der Waals surface area contributed by atoms with Gasteiger partial charge in [0.05, 0.1) is 17.3 Å². The summed E-state index contributed by atoms with van der Waals surface area (Å²) in [7, 11) is 0. The first-order valence-electron chi connectivity index (χ1n) is 9.01. The number of rotatable bonds is 9. The molecule has 146 valence electrons. The van der Waals surface area contributed by atoms with E-state index in [0.717, 1.165) is 34.1 Å². The van der Waals surface area contributed by atoms with Gasteiger partial charge in [-0.2, -0.15) is 0 Å². The third-order valence-electron chi connectivity index (χ3n) is 4.03. The van der Waals surface area contributed by atoms with Crippen LogP contribution in [0.25, 0.3) is 11.3 Å². The maximum Gasteiger partial charge on any atom is 0.303 e. The number of aliphatic carboxylic acids is 1. The zero-order valence-corrected chi connectivity index (χ0v) is 17.0. The minimum Gasteiger partial charge on any atom is -0.492 e. The molecule has 7 heteroatoms. The van der Waals surface area contributed by atoms with Gasteiger partial charge in [-0.15, -0.1) is 11.3 Å². The molecular weight excluding hydrogens is 396 g/mol. The smallest absolute Gasteiger partial charge is 0.303 e. The van der Waals surface area contributed by atoms with Crippen molar-refractivity contribution in [3.8, 4) is 17.0 Å². The van der Waals surface area contributed by atoms with Crippen molar-refractivity contribution in [3.05, 3.63) is 58.4 Å². The Hall–Kier alpha value is -2.57. The topological polar surface area (TPSA) is 71.5 Å². The highest BCUT2D eigenvalue weighted by molar-refractivity contribution is 7.14. The Balaban J connectivity index is 1.65. The van der Waals surface area contributed by atoms with Crippen LogP contribution in [-0.2, 0) is 11.2 Å². The quantitative estimate of drug-likeness (QED) is 0.446. The first kappa shape index (κ1) is 20.2. The summed E-state index contributed by atoms with van der Waals surface area (Å²) in [4.78, 5) is 15.3. The number of nitrogens with one attached hydrogen (secondary N) is 1. The number of aryl methyl sites for hydroxylation is 1. The Bertz CT molecular complexity index is 941. The lowest BCUT2D eigenvalue weighted by molar-refractivity contribution is -0.136. The van der Waals surface area contributed by atoms with Crippen molar-refractivity contribution < 1.29 is 14.6 Å². The van der Waals surface area contributed by atoms with E-state index >= 15 is 0 Å². The first-order valence-corrected chi connectivity index (χ1v) is 10.3. The summed E-state index contributed by atoms with van der Waals surface area (Å²) < 4.78 is 5.61. The molecule has 0 fully saturated rings. The molecule has 0 aliphatic rings. The van der Waals surface area contributed by atoms with Crippen molar-refractivity contribution in [2.24, 2.45) is 0 Å². The van der Waals surface area contributed by atoms with Gasteiger partial charge < -0.3 is 15.2 Å². The van der Waals surface area contributed by atoms with E-state index in [1.165, 1.54) is 11.3 Å². The Labute approximate surface area is 173 Å². The Morgan fingerprint density at radius 3 is 2.71 bits per heavy atom. The fourth-order valence-corrected chi connectivity index (χ4v) is 3.56. The van der Waals surface area contributed by atoms with Gasteiger partial charge in [0, 0.05) is 23.1 Å². The second kappa shape index (κ2) is 9.57. The number of nitrogens with zero attached hydrogens (tertiary/aromatic N) is 1. The number of aromatic nitrogens is 1. The normalized spacial score (nSPS) is 10.6. The van der Waals surface area contributed by atoms with Gasteiger partial charge in [-0.25, -0.2) is 4.98 Å². The first-order chi connectivity index (χ1) is 13.5. The SMILES string of the molecule is CCCOc1ccc(-c2csc(Nc3ccc(CCC(=O)O)cc3)n2)cc1Cl. The van der Waals surface area contributed by atoms with E-state index in [1.807, 2.05) is 47.8 Å². The van der Waals surface area contributed by atoms with Crippen molar-refractivity contribution in [2.45, 2.75) is 26.2 Å². The van der Waals surface area contributed by atoms with Gasteiger partial charge >= 0.3 is 5.97 Å². The van der Waals surface area contributed by atoms with Crippen LogP contribution in [0.2, 0.25) is 5.02 Å². The van der Waals surface area contributed by atoms with Crippen LogP contribution >= 0.6 is 22.9 Å². The average Bonchev–Trinajstić information content (AvgIpc) is 3.15. The van der Waals surface area contributed by atoms with Gasteiger partial charge in [0.15, 0.2) is 5.13 Å². The highest BCUT2D eigenvalue weighted by Gasteiger charge is 2.09. The van der Waals surface area contributed by atoms with Crippen LogP contribution in [0.5, 0.6) is 5.75 Å². The molecule has 1 aromatic heterocycles. The van der Waals surface area contributed by atoms with E-state index in [4.69, 9.17) is 21.4 Å². The molecule has 3 rings (SSSR count). The fourth-order valence-electron chi connectivity index (χ4n) is 2.58. The number of ether oxygens (including phenoxy) is 1. The minimum absolute atomic E-state index is 0.132. The number of benzene rings is 2. The Kier molecular flexibility index (Phi) is 6.90. The Morgan fingerprint density at radius 2 is 2.04 bits per heavy atom. The molecule has 5 nitrogen and oxygen atoms in total. The lowest BCUT2D eigenvalue weighted by Gasteiger charge is -2.07. The molecule has 0 spiro atoms. The minimum atomic E-state index is -0.789. The highest BCUT2D eigenvalue weighted by atomic mass is 35.5. The van der Waals surface area contributed by atoms with Crippen molar-refractivity contribution in [2.75, 3.05) is 11.9 Å². The molecule has 2 N–H and O–H groups in total. The molecule has 0 atom stereocenters. The summed E-state index contributed by atoms with van der Waals surface area (Å²) in [6.45, 7) is 2.69.